The monoisotopic (exact) mass is 387 g/mol. The van der Waals surface area contributed by atoms with Crippen LogP contribution in [0.1, 0.15) is 18.1 Å². The lowest BCUT2D eigenvalue weighted by Crippen LogP contribution is -2.01. The molecular weight excluding hydrogens is 365 g/mol. The van der Waals surface area contributed by atoms with Crippen molar-refractivity contribution in [2.24, 2.45) is 0 Å². The molecule has 5 heteroatoms. The third-order valence-corrected chi connectivity index (χ3v) is 3.91. The fourth-order valence-corrected chi connectivity index (χ4v) is 2.62. The summed E-state index contributed by atoms with van der Waals surface area (Å²) in [7, 11) is 0. The minimum Gasteiger partial charge on any atom is -0.399 e. The molecule has 0 saturated heterocycles. The molecule has 136 valence electrons. The summed E-state index contributed by atoms with van der Waals surface area (Å²) < 4.78 is 0. The van der Waals surface area contributed by atoms with E-state index in [1.807, 2.05) is 73.7 Å². The van der Waals surface area contributed by atoms with E-state index in [2.05, 4.69) is 11.6 Å². The van der Waals surface area contributed by atoms with E-state index in [-0.39, 0.29) is 12.4 Å². The smallest absolute Gasteiger partial charge is 0.0569 e. The van der Waals surface area contributed by atoms with Crippen LogP contribution >= 0.6 is 24.0 Å². The van der Waals surface area contributed by atoms with E-state index in [1.165, 1.54) is 6.38 Å². The molecule has 0 heterocycles. The van der Waals surface area contributed by atoms with Gasteiger partial charge in [0, 0.05) is 17.8 Å². The first-order chi connectivity index (χ1) is 12.0. The third kappa shape index (κ3) is 5.01. The van der Waals surface area contributed by atoms with Crippen LogP contribution in [0.3, 0.4) is 0 Å². The van der Waals surface area contributed by atoms with Crippen molar-refractivity contribution in [3.8, 4) is 0 Å². The SMILES string of the molecule is CC1=CC(=C(c2ccc(N)cc2)c2ccc(N)cc2)C=CC1=N.CCl.Cl. The molecule has 0 fully saturated rings. The molecule has 0 radical (unpaired) electrons. The van der Waals surface area contributed by atoms with E-state index in [1.54, 1.807) is 0 Å². The molecule has 0 aromatic heterocycles. The van der Waals surface area contributed by atoms with Gasteiger partial charge in [0.1, 0.15) is 0 Å². The normalized spacial score (nSPS) is 12.5. The van der Waals surface area contributed by atoms with Gasteiger partial charge >= 0.3 is 0 Å². The highest BCUT2D eigenvalue weighted by atomic mass is 35.5. The number of nitrogens with one attached hydrogen (secondary N) is 1. The molecule has 0 unspecified atom stereocenters. The number of rotatable bonds is 2. The summed E-state index contributed by atoms with van der Waals surface area (Å²) in [6.07, 6.45) is 7.33. The van der Waals surface area contributed by atoms with Crippen molar-refractivity contribution in [2.75, 3.05) is 17.9 Å². The first-order valence-corrected chi connectivity index (χ1v) is 8.59. The summed E-state index contributed by atoms with van der Waals surface area (Å²) >= 11 is 4.64. The molecule has 0 atom stereocenters. The second kappa shape index (κ2) is 9.85. The summed E-state index contributed by atoms with van der Waals surface area (Å²) in [5.74, 6) is 0. The predicted molar refractivity (Wildman–Crippen MR) is 117 cm³/mol. The van der Waals surface area contributed by atoms with Gasteiger partial charge in [0.05, 0.1) is 5.71 Å². The molecule has 1 aliphatic rings. The summed E-state index contributed by atoms with van der Waals surface area (Å²) in [6.45, 7) is 1.95. The average molecular weight is 388 g/mol. The van der Waals surface area contributed by atoms with Gasteiger partial charge in [-0.25, -0.2) is 0 Å². The first-order valence-electron chi connectivity index (χ1n) is 7.84. The summed E-state index contributed by atoms with van der Waals surface area (Å²) in [4.78, 5) is 0. The Hall–Kier alpha value is -2.49. The molecule has 0 spiro atoms. The molecule has 2 aromatic rings. The molecule has 26 heavy (non-hydrogen) atoms. The second-order valence-electron chi connectivity index (χ2n) is 5.65. The topological polar surface area (TPSA) is 75.9 Å². The largest absolute Gasteiger partial charge is 0.399 e. The van der Waals surface area contributed by atoms with Crippen LogP contribution in [0.15, 0.2) is 77.9 Å². The summed E-state index contributed by atoms with van der Waals surface area (Å²) in [5.41, 5.74) is 19.0. The third-order valence-electron chi connectivity index (χ3n) is 3.91. The van der Waals surface area contributed by atoms with Gasteiger partial charge in [-0.2, -0.15) is 0 Å². The van der Waals surface area contributed by atoms with Crippen LogP contribution in [0.25, 0.3) is 5.57 Å². The van der Waals surface area contributed by atoms with E-state index in [9.17, 15) is 0 Å². The minimum atomic E-state index is 0. The molecular formula is C21H23Cl2N3. The lowest BCUT2D eigenvalue weighted by molar-refractivity contribution is 1.41. The fourth-order valence-electron chi connectivity index (χ4n) is 2.62. The standard InChI is InChI=1S/C20H19N3.CH3Cl.ClH/c1-13-12-16(6-11-19(13)23)20(14-2-7-17(21)8-3-14)15-4-9-18(22)10-5-15;1-2;/h2-12,23H,21-22H2,1H3;1H3;1H. The van der Waals surface area contributed by atoms with Crippen molar-refractivity contribution in [1.82, 2.24) is 0 Å². The summed E-state index contributed by atoms with van der Waals surface area (Å²) in [6, 6.07) is 15.7. The van der Waals surface area contributed by atoms with E-state index < -0.39 is 0 Å². The Morgan fingerprint density at radius 2 is 1.23 bits per heavy atom. The number of allylic oxidation sites excluding steroid dienone is 5. The first kappa shape index (κ1) is 21.6. The van der Waals surface area contributed by atoms with Gasteiger partial charge in [-0.15, -0.1) is 24.0 Å². The molecule has 3 rings (SSSR count). The van der Waals surface area contributed by atoms with Gasteiger partial charge < -0.3 is 16.9 Å². The van der Waals surface area contributed by atoms with Crippen LogP contribution in [0, 0.1) is 5.41 Å². The van der Waals surface area contributed by atoms with E-state index in [4.69, 9.17) is 16.9 Å². The zero-order valence-electron chi connectivity index (χ0n) is 14.8. The highest BCUT2D eigenvalue weighted by Crippen LogP contribution is 2.31. The van der Waals surface area contributed by atoms with E-state index in [0.717, 1.165) is 39.2 Å². The van der Waals surface area contributed by atoms with Crippen molar-refractivity contribution in [1.29, 1.82) is 5.41 Å². The maximum atomic E-state index is 7.88. The number of hydrogen-bond donors (Lipinski definition) is 3. The van der Waals surface area contributed by atoms with Crippen molar-refractivity contribution in [3.05, 3.63) is 89.0 Å². The number of hydrogen-bond acceptors (Lipinski definition) is 3. The zero-order valence-corrected chi connectivity index (χ0v) is 16.4. The second-order valence-corrected chi connectivity index (χ2v) is 5.65. The Morgan fingerprint density at radius 1 is 0.808 bits per heavy atom. The molecule has 0 bridgehead atoms. The number of benzene rings is 2. The van der Waals surface area contributed by atoms with Crippen molar-refractivity contribution in [3.63, 3.8) is 0 Å². The van der Waals surface area contributed by atoms with Gasteiger partial charge in [-0.05, 0) is 71.2 Å². The van der Waals surface area contributed by atoms with E-state index in [0.29, 0.717) is 5.71 Å². The van der Waals surface area contributed by atoms with Gasteiger partial charge in [-0.3, -0.25) is 0 Å². The lowest BCUT2D eigenvalue weighted by atomic mass is 9.89. The van der Waals surface area contributed by atoms with Crippen LogP contribution in [0.5, 0.6) is 0 Å². The van der Waals surface area contributed by atoms with Crippen LogP contribution in [0.2, 0.25) is 0 Å². The Morgan fingerprint density at radius 3 is 1.62 bits per heavy atom. The molecule has 0 aliphatic heterocycles. The fraction of sp³-hybridized carbons (Fsp3) is 0.0952. The van der Waals surface area contributed by atoms with Crippen LogP contribution in [-0.4, -0.2) is 12.1 Å². The van der Waals surface area contributed by atoms with Gasteiger partial charge in [0.2, 0.25) is 0 Å². The Labute approximate surface area is 166 Å². The van der Waals surface area contributed by atoms with Crippen LogP contribution < -0.4 is 11.5 Å². The molecule has 3 nitrogen and oxygen atoms in total. The number of anilines is 2. The number of halogens is 2. The Balaban J connectivity index is 0.00000109. The molecule has 5 N–H and O–H groups in total. The Bertz CT molecular complexity index is 798. The minimum absolute atomic E-state index is 0. The molecule has 1 aliphatic carbocycles. The summed E-state index contributed by atoms with van der Waals surface area (Å²) in [5, 5.41) is 7.88. The van der Waals surface area contributed by atoms with E-state index >= 15 is 0 Å². The predicted octanol–water partition coefficient (Wildman–Crippen LogP) is 5.47. The highest BCUT2D eigenvalue weighted by Gasteiger charge is 2.12. The van der Waals surface area contributed by atoms with Crippen molar-refractivity contribution >= 4 is 46.7 Å². The van der Waals surface area contributed by atoms with Crippen LogP contribution in [-0.2, 0) is 0 Å². The van der Waals surface area contributed by atoms with Gasteiger partial charge in [-0.1, -0.05) is 30.3 Å². The van der Waals surface area contributed by atoms with Gasteiger partial charge in [0.15, 0.2) is 0 Å². The Kier molecular flexibility index (Phi) is 8.17. The van der Waals surface area contributed by atoms with Crippen molar-refractivity contribution < 1.29 is 0 Å². The maximum absolute atomic E-state index is 7.88. The molecule has 0 amide bonds. The number of nitrogen functional groups attached to an aromatic ring is 2. The van der Waals surface area contributed by atoms with Gasteiger partial charge in [0.25, 0.3) is 0 Å². The molecule has 2 aromatic carbocycles. The molecule has 0 saturated carbocycles. The number of alkyl halides is 1. The lowest BCUT2D eigenvalue weighted by Gasteiger charge is -2.16. The average Bonchev–Trinajstić information content (AvgIpc) is 2.63. The zero-order chi connectivity index (χ0) is 18.4. The van der Waals surface area contributed by atoms with Crippen molar-refractivity contribution in [2.45, 2.75) is 6.92 Å². The van der Waals surface area contributed by atoms with Crippen LogP contribution in [0.4, 0.5) is 11.4 Å². The quantitative estimate of drug-likeness (QED) is 0.472. The number of nitrogens with two attached hydrogens (primary N) is 2. The maximum Gasteiger partial charge on any atom is 0.0569 e. The highest BCUT2D eigenvalue weighted by molar-refractivity contribution is 6.15.